The molecular formula is C28H28O8. The number of hydrogen-bond donors (Lipinski definition) is 6. The molecule has 3 aromatic carbocycles. The minimum atomic E-state index is -0.631. The van der Waals surface area contributed by atoms with Crippen molar-refractivity contribution in [3.63, 3.8) is 0 Å². The molecule has 4 unspecified atom stereocenters. The molecule has 5 rings (SSSR count). The van der Waals surface area contributed by atoms with Gasteiger partial charge in [-0.1, -0.05) is 6.07 Å². The van der Waals surface area contributed by atoms with Gasteiger partial charge in [0.1, 0.15) is 29.1 Å². The summed E-state index contributed by atoms with van der Waals surface area (Å²) in [5.74, 6) is -1.24. The lowest BCUT2D eigenvalue weighted by atomic mass is 9.62. The van der Waals surface area contributed by atoms with Gasteiger partial charge in [0.25, 0.3) is 0 Å². The quantitative estimate of drug-likeness (QED) is 0.298. The Balaban J connectivity index is 1.75. The predicted molar refractivity (Wildman–Crippen MR) is 129 cm³/mol. The van der Waals surface area contributed by atoms with E-state index < -0.39 is 24.5 Å². The maximum absolute atomic E-state index is 12.3. The van der Waals surface area contributed by atoms with Crippen molar-refractivity contribution >= 4 is 5.78 Å². The van der Waals surface area contributed by atoms with Crippen LogP contribution in [0.3, 0.4) is 0 Å². The second kappa shape index (κ2) is 9.13. The third-order valence-electron chi connectivity index (χ3n) is 7.61. The van der Waals surface area contributed by atoms with E-state index in [1.165, 1.54) is 25.1 Å². The van der Waals surface area contributed by atoms with Gasteiger partial charge in [0, 0.05) is 40.7 Å². The number of fused-ring (bicyclic) bond motifs is 4. The number of aliphatic hydroxyl groups is 3. The van der Waals surface area contributed by atoms with E-state index in [2.05, 4.69) is 0 Å². The first-order valence-corrected chi connectivity index (χ1v) is 11.8. The van der Waals surface area contributed by atoms with Crippen LogP contribution in [0.4, 0.5) is 0 Å². The highest BCUT2D eigenvalue weighted by atomic mass is 16.5. The molecule has 188 valence electrons. The lowest BCUT2D eigenvalue weighted by molar-refractivity contribution is 0.0279. The van der Waals surface area contributed by atoms with Gasteiger partial charge in [-0.15, -0.1) is 0 Å². The zero-order valence-electron chi connectivity index (χ0n) is 19.7. The molecule has 36 heavy (non-hydrogen) atoms. The van der Waals surface area contributed by atoms with Crippen molar-refractivity contribution in [2.45, 2.75) is 38.6 Å². The maximum atomic E-state index is 12.3. The SMILES string of the molecule is CC(=O)c1ccc(O)c2c1OC1c3cc(O)c(CO)cc3C(c3ccc(O)c(CO)c3)C(CO)C1C2. The Morgan fingerprint density at radius 3 is 2.25 bits per heavy atom. The van der Waals surface area contributed by atoms with Gasteiger partial charge in [0.15, 0.2) is 5.78 Å². The molecule has 8 nitrogen and oxygen atoms in total. The zero-order valence-corrected chi connectivity index (χ0v) is 19.7. The number of hydrogen-bond acceptors (Lipinski definition) is 8. The van der Waals surface area contributed by atoms with Crippen molar-refractivity contribution in [2.24, 2.45) is 11.8 Å². The third kappa shape index (κ3) is 3.69. The topological polar surface area (TPSA) is 148 Å². The zero-order chi connectivity index (χ0) is 25.7. The summed E-state index contributed by atoms with van der Waals surface area (Å²) in [5, 5.41) is 61.6. The number of Topliss-reactive ketones (excluding diaryl/α,β-unsaturated/α-hetero) is 1. The second-order valence-electron chi connectivity index (χ2n) is 9.54. The van der Waals surface area contributed by atoms with E-state index in [0.717, 1.165) is 11.1 Å². The Bertz CT molecular complexity index is 1350. The molecule has 0 aromatic heterocycles. The molecule has 0 fully saturated rings. The van der Waals surface area contributed by atoms with Gasteiger partial charge < -0.3 is 35.4 Å². The van der Waals surface area contributed by atoms with Crippen LogP contribution in [0.5, 0.6) is 23.0 Å². The number of aliphatic hydroxyl groups excluding tert-OH is 3. The normalized spacial score (nSPS) is 22.2. The molecule has 0 spiro atoms. The van der Waals surface area contributed by atoms with Crippen LogP contribution in [0.15, 0.2) is 42.5 Å². The van der Waals surface area contributed by atoms with Gasteiger partial charge in [-0.05, 0) is 66.8 Å². The van der Waals surface area contributed by atoms with Crippen LogP contribution in [0.1, 0.15) is 62.7 Å². The molecule has 2 aliphatic rings. The first-order valence-electron chi connectivity index (χ1n) is 11.8. The van der Waals surface area contributed by atoms with Crippen LogP contribution in [-0.2, 0) is 19.6 Å². The number of ketones is 1. The highest BCUT2D eigenvalue weighted by molar-refractivity contribution is 5.97. The summed E-state index contributed by atoms with van der Waals surface area (Å²) in [6.07, 6.45) is -0.310. The van der Waals surface area contributed by atoms with Crippen molar-refractivity contribution in [3.05, 3.63) is 81.4 Å². The molecule has 0 saturated carbocycles. The molecule has 1 heterocycles. The minimum absolute atomic E-state index is 0.00170. The molecule has 6 N–H and O–H groups in total. The molecule has 0 bridgehead atoms. The number of phenolic OH excluding ortho intramolecular Hbond substituents is 1. The van der Waals surface area contributed by atoms with E-state index in [-0.39, 0.29) is 42.2 Å². The minimum Gasteiger partial charge on any atom is -0.508 e. The summed E-state index contributed by atoms with van der Waals surface area (Å²) in [6.45, 7) is 0.423. The molecule has 8 heteroatoms. The summed E-state index contributed by atoms with van der Waals surface area (Å²) in [4.78, 5) is 12.3. The summed E-state index contributed by atoms with van der Waals surface area (Å²) >= 11 is 0. The Hall–Kier alpha value is -3.59. The fraction of sp³-hybridized carbons (Fsp3) is 0.321. The third-order valence-corrected chi connectivity index (χ3v) is 7.61. The van der Waals surface area contributed by atoms with Crippen molar-refractivity contribution in [1.29, 1.82) is 0 Å². The predicted octanol–water partition coefficient (Wildman–Crippen LogP) is 3.04. The van der Waals surface area contributed by atoms with Crippen LogP contribution in [0.25, 0.3) is 0 Å². The summed E-state index contributed by atoms with van der Waals surface area (Å²) in [5.41, 5.74) is 3.58. The smallest absolute Gasteiger partial charge is 0.163 e. The highest BCUT2D eigenvalue weighted by Gasteiger charge is 2.48. The van der Waals surface area contributed by atoms with Crippen LogP contribution in [0, 0.1) is 11.8 Å². The van der Waals surface area contributed by atoms with Crippen LogP contribution in [-0.4, -0.2) is 43.0 Å². The van der Waals surface area contributed by atoms with Crippen LogP contribution >= 0.6 is 0 Å². The molecular weight excluding hydrogens is 464 g/mol. The van der Waals surface area contributed by atoms with E-state index in [0.29, 0.717) is 40.0 Å². The Labute approximate surface area is 207 Å². The largest absolute Gasteiger partial charge is 0.508 e. The second-order valence-corrected chi connectivity index (χ2v) is 9.54. The number of aromatic hydroxyl groups is 3. The lowest BCUT2D eigenvalue weighted by Gasteiger charge is -2.47. The van der Waals surface area contributed by atoms with Crippen molar-refractivity contribution in [1.82, 2.24) is 0 Å². The number of ether oxygens (including phenoxy) is 1. The van der Waals surface area contributed by atoms with E-state index in [9.17, 15) is 35.4 Å². The Kier molecular flexibility index (Phi) is 6.12. The van der Waals surface area contributed by atoms with Crippen LogP contribution in [0.2, 0.25) is 0 Å². The Morgan fingerprint density at radius 1 is 0.889 bits per heavy atom. The fourth-order valence-corrected chi connectivity index (χ4v) is 5.84. The number of carbonyl (C=O) groups excluding carboxylic acids is 1. The van der Waals surface area contributed by atoms with Gasteiger partial charge >= 0.3 is 0 Å². The van der Waals surface area contributed by atoms with E-state index in [1.54, 1.807) is 24.3 Å². The maximum Gasteiger partial charge on any atom is 0.163 e. The standard InChI is InChI=1S/C28H28O8/c1-13(32)17-3-5-24(34)21-8-19-22(12-31)26(14-2-4-23(33)15(6-14)10-29)18-7-16(11-30)25(35)9-20(18)28(19)36-27(17)21/h2-7,9,19,22,26,28-31,33-35H,8,10-12H2,1H3. The van der Waals surface area contributed by atoms with Crippen LogP contribution < -0.4 is 4.74 Å². The fourth-order valence-electron chi connectivity index (χ4n) is 5.84. The molecule has 3 aromatic rings. The number of phenols is 3. The van der Waals surface area contributed by atoms with E-state index in [1.807, 2.05) is 0 Å². The van der Waals surface area contributed by atoms with Gasteiger partial charge in [-0.25, -0.2) is 0 Å². The summed E-state index contributed by atoms with van der Waals surface area (Å²) < 4.78 is 6.40. The van der Waals surface area contributed by atoms with Gasteiger partial charge in [-0.2, -0.15) is 0 Å². The Morgan fingerprint density at radius 2 is 1.58 bits per heavy atom. The first-order chi connectivity index (χ1) is 17.3. The number of carbonyl (C=O) groups is 1. The van der Waals surface area contributed by atoms with Gasteiger partial charge in [0.2, 0.25) is 0 Å². The summed E-state index contributed by atoms with van der Waals surface area (Å²) in [6, 6.07) is 11.1. The number of benzene rings is 3. The first kappa shape index (κ1) is 24.1. The van der Waals surface area contributed by atoms with E-state index >= 15 is 0 Å². The molecule has 4 atom stereocenters. The van der Waals surface area contributed by atoms with Crippen molar-refractivity contribution in [2.75, 3.05) is 6.61 Å². The summed E-state index contributed by atoms with van der Waals surface area (Å²) in [7, 11) is 0. The van der Waals surface area contributed by atoms with Gasteiger partial charge in [0.05, 0.1) is 18.8 Å². The lowest BCUT2D eigenvalue weighted by Crippen LogP contribution is -2.41. The highest BCUT2D eigenvalue weighted by Crippen LogP contribution is 2.56. The van der Waals surface area contributed by atoms with Crippen molar-refractivity contribution in [3.8, 4) is 23.0 Å². The average Bonchev–Trinajstić information content (AvgIpc) is 2.87. The molecule has 0 radical (unpaired) electrons. The molecule has 1 aliphatic carbocycles. The monoisotopic (exact) mass is 492 g/mol. The van der Waals surface area contributed by atoms with Gasteiger partial charge in [-0.3, -0.25) is 4.79 Å². The molecule has 1 aliphatic heterocycles. The number of rotatable bonds is 5. The molecule has 0 amide bonds. The van der Waals surface area contributed by atoms with E-state index in [4.69, 9.17) is 4.74 Å². The average molecular weight is 493 g/mol. The molecule has 0 saturated heterocycles. The van der Waals surface area contributed by atoms with Crippen molar-refractivity contribution < 1.29 is 40.2 Å².